The predicted octanol–water partition coefficient (Wildman–Crippen LogP) is 2.84. The Bertz CT molecular complexity index is 165. The number of hydrogen-bond acceptors (Lipinski definition) is 2. The van der Waals surface area contributed by atoms with Gasteiger partial charge in [0, 0.05) is 5.92 Å². The fourth-order valence-electron chi connectivity index (χ4n) is 1.69. The van der Waals surface area contributed by atoms with Crippen molar-refractivity contribution in [3.63, 3.8) is 0 Å². The van der Waals surface area contributed by atoms with Crippen molar-refractivity contribution in [3.05, 3.63) is 0 Å². The molecule has 1 fully saturated rings. The van der Waals surface area contributed by atoms with Gasteiger partial charge in [-0.15, -0.1) is 0 Å². The summed E-state index contributed by atoms with van der Waals surface area (Å²) in [6.07, 6.45) is 3.75. The zero-order chi connectivity index (χ0) is 8.97. The van der Waals surface area contributed by atoms with Gasteiger partial charge < -0.3 is 4.84 Å². The van der Waals surface area contributed by atoms with Crippen LogP contribution in [0.25, 0.3) is 0 Å². The molecule has 0 aromatic carbocycles. The van der Waals surface area contributed by atoms with E-state index in [2.05, 4.69) is 19.0 Å². The van der Waals surface area contributed by atoms with Gasteiger partial charge in [-0.25, -0.2) is 0 Å². The van der Waals surface area contributed by atoms with Gasteiger partial charge in [-0.3, -0.25) is 0 Å². The van der Waals surface area contributed by atoms with E-state index in [4.69, 9.17) is 4.84 Å². The van der Waals surface area contributed by atoms with Crippen molar-refractivity contribution in [2.45, 2.75) is 40.0 Å². The predicted molar refractivity (Wildman–Crippen MR) is 51.2 cm³/mol. The Morgan fingerprint density at radius 1 is 1.50 bits per heavy atom. The summed E-state index contributed by atoms with van der Waals surface area (Å²) in [5, 5.41) is 4.15. The molecule has 70 valence electrons. The van der Waals surface area contributed by atoms with Crippen molar-refractivity contribution in [2.24, 2.45) is 17.0 Å². The molecule has 1 aliphatic rings. The molecule has 0 aromatic heterocycles. The minimum absolute atomic E-state index is 0.616. The van der Waals surface area contributed by atoms with Gasteiger partial charge in [-0.05, 0) is 32.1 Å². The lowest BCUT2D eigenvalue weighted by molar-refractivity contribution is 0.154. The lowest BCUT2D eigenvalue weighted by atomic mass is 9.80. The van der Waals surface area contributed by atoms with E-state index in [-0.39, 0.29) is 0 Å². The Hall–Kier alpha value is -0.530. The van der Waals surface area contributed by atoms with Gasteiger partial charge in [0.1, 0.15) is 6.61 Å². The highest BCUT2D eigenvalue weighted by Gasteiger charge is 2.23. The molecule has 0 amide bonds. The molecule has 12 heavy (non-hydrogen) atoms. The minimum atomic E-state index is 0.616. The van der Waals surface area contributed by atoms with Crippen LogP contribution >= 0.6 is 0 Å². The molecule has 1 saturated carbocycles. The number of nitrogens with zero attached hydrogens (tertiary/aromatic N) is 1. The highest BCUT2D eigenvalue weighted by molar-refractivity contribution is 5.86. The molecule has 0 saturated heterocycles. The van der Waals surface area contributed by atoms with Crippen molar-refractivity contribution in [1.29, 1.82) is 0 Å². The highest BCUT2D eigenvalue weighted by atomic mass is 16.6. The highest BCUT2D eigenvalue weighted by Crippen LogP contribution is 2.27. The maximum absolute atomic E-state index is 5.08. The average molecular weight is 169 g/mol. The molecule has 2 atom stereocenters. The van der Waals surface area contributed by atoms with Crippen LogP contribution < -0.4 is 0 Å². The summed E-state index contributed by atoms with van der Waals surface area (Å²) in [7, 11) is 0. The van der Waals surface area contributed by atoms with Crippen molar-refractivity contribution < 1.29 is 4.84 Å². The summed E-state index contributed by atoms with van der Waals surface area (Å²) in [6, 6.07) is 0. The van der Waals surface area contributed by atoms with Gasteiger partial charge in [0.2, 0.25) is 0 Å². The van der Waals surface area contributed by atoms with Gasteiger partial charge >= 0.3 is 0 Å². The van der Waals surface area contributed by atoms with Crippen LogP contribution in [0.4, 0.5) is 0 Å². The van der Waals surface area contributed by atoms with E-state index in [0.29, 0.717) is 12.5 Å². The Kier molecular flexibility index (Phi) is 3.57. The summed E-state index contributed by atoms with van der Waals surface area (Å²) in [5.74, 6) is 1.39. The van der Waals surface area contributed by atoms with Crippen molar-refractivity contribution in [2.75, 3.05) is 6.61 Å². The Labute approximate surface area is 75.0 Å². The number of hydrogen-bond donors (Lipinski definition) is 0. The Morgan fingerprint density at radius 3 is 2.92 bits per heavy atom. The first kappa shape index (κ1) is 9.56. The molecule has 0 bridgehead atoms. The molecular formula is C10H19NO. The van der Waals surface area contributed by atoms with E-state index in [1.165, 1.54) is 18.6 Å². The fraction of sp³-hybridized carbons (Fsp3) is 0.900. The second kappa shape index (κ2) is 4.48. The second-order valence-corrected chi connectivity index (χ2v) is 3.66. The molecule has 0 aromatic rings. The fourth-order valence-corrected chi connectivity index (χ4v) is 1.69. The maximum atomic E-state index is 5.08. The van der Waals surface area contributed by atoms with E-state index >= 15 is 0 Å². The topological polar surface area (TPSA) is 21.6 Å². The van der Waals surface area contributed by atoms with Crippen LogP contribution in [-0.4, -0.2) is 12.3 Å². The first-order valence-electron chi connectivity index (χ1n) is 4.94. The Balaban J connectivity index is 2.51. The summed E-state index contributed by atoms with van der Waals surface area (Å²) in [4.78, 5) is 5.08. The monoisotopic (exact) mass is 169 g/mol. The quantitative estimate of drug-likeness (QED) is 0.582. The van der Waals surface area contributed by atoms with Crippen LogP contribution in [-0.2, 0) is 4.84 Å². The van der Waals surface area contributed by atoms with E-state index < -0.39 is 0 Å². The molecule has 0 heterocycles. The normalized spacial score (nSPS) is 33.8. The third-order valence-corrected chi connectivity index (χ3v) is 2.78. The zero-order valence-corrected chi connectivity index (χ0v) is 8.34. The van der Waals surface area contributed by atoms with Crippen molar-refractivity contribution in [3.8, 4) is 0 Å². The molecule has 0 aliphatic heterocycles. The van der Waals surface area contributed by atoms with Crippen LogP contribution in [0.1, 0.15) is 40.0 Å². The van der Waals surface area contributed by atoms with Gasteiger partial charge in [-0.2, -0.15) is 0 Å². The zero-order valence-electron chi connectivity index (χ0n) is 8.34. The molecule has 0 radical (unpaired) electrons. The summed E-state index contributed by atoms with van der Waals surface area (Å²) in [6.45, 7) is 7.21. The van der Waals surface area contributed by atoms with E-state index in [1.54, 1.807) is 0 Å². The largest absolute Gasteiger partial charge is 0.396 e. The van der Waals surface area contributed by atoms with Crippen LogP contribution in [0.5, 0.6) is 0 Å². The SMILES string of the molecule is CCO/N=C1/CCCC(C)C1C. The third-order valence-electron chi connectivity index (χ3n) is 2.78. The number of oxime groups is 1. The average Bonchev–Trinajstić information content (AvgIpc) is 2.08. The van der Waals surface area contributed by atoms with E-state index in [0.717, 1.165) is 12.3 Å². The minimum Gasteiger partial charge on any atom is -0.396 e. The molecular weight excluding hydrogens is 150 g/mol. The van der Waals surface area contributed by atoms with E-state index in [1.807, 2.05) is 6.92 Å². The standard InChI is InChI=1S/C10H19NO/c1-4-12-11-10-7-5-6-8(2)9(10)3/h8-9H,4-7H2,1-3H3/b11-10-. The lowest BCUT2D eigenvalue weighted by Crippen LogP contribution is -2.24. The van der Waals surface area contributed by atoms with Gasteiger partial charge in [0.25, 0.3) is 0 Å². The van der Waals surface area contributed by atoms with Gasteiger partial charge in [0.05, 0.1) is 5.71 Å². The summed E-state index contributed by atoms with van der Waals surface area (Å²) < 4.78 is 0. The Morgan fingerprint density at radius 2 is 2.25 bits per heavy atom. The molecule has 0 spiro atoms. The third kappa shape index (κ3) is 2.23. The molecule has 2 heteroatoms. The van der Waals surface area contributed by atoms with Crippen LogP contribution in [0.3, 0.4) is 0 Å². The van der Waals surface area contributed by atoms with Gasteiger partial charge in [0.15, 0.2) is 0 Å². The van der Waals surface area contributed by atoms with Crippen molar-refractivity contribution in [1.82, 2.24) is 0 Å². The smallest absolute Gasteiger partial charge is 0.114 e. The van der Waals surface area contributed by atoms with Gasteiger partial charge in [-0.1, -0.05) is 19.0 Å². The maximum Gasteiger partial charge on any atom is 0.114 e. The summed E-state index contributed by atoms with van der Waals surface area (Å²) in [5.41, 5.74) is 1.26. The molecule has 0 N–H and O–H groups in total. The summed E-state index contributed by atoms with van der Waals surface area (Å²) >= 11 is 0. The number of rotatable bonds is 2. The molecule has 2 unspecified atom stereocenters. The lowest BCUT2D eigenvalue weighted by Gasteiger charge is -2.26. The van der Waals surface area contributed by atoms with Crippen LogP contribution in [0.2, 0.25) is 0 Å². The van der Waals surface area contributed by atoms with Crippen molar-refractivity contribution >= 4 is 5.71 Å². The molecule has 1 rings (SSSR count). The second-order valence-electron chi connectivity index (χ2n) is 3.66. The van der Waals surface area contributed by atoms with Crippen LogP contribution in [0.15, 0.2) is 5.16 Å². The van der Waals surface area contributed by atoms with E-state index in [9.17, 15) is 0 Å². The van der Waals surface area contributed by atoms with Crippen LogP contribution in [0, 0.1) is 11.8 Å². The molecule has 1 aliphatic carbocycles. The first-order chi connectivity index (χ1) is 5.75. The first-order valence-corrected chi connectivity index (χ1v) is 4.94. The molecule has 2 nitrogen and oxygen atoms in total.